The van der Waals surface area contributed by atoms with Gasteiger partial charge in [-0.25, -0.2) is 0 Å². The Morgan fingerprint density at radius 1 is 0.571 bits per heavy atom. The summed E-state index contributed by atoms with van der Waals surface area (Å²) >= 11 is 0. The first-order chi connectivity index (χ1) is 10.4. The molecule has 1 aliphatic heterocycles. The second-order valence-electron chi connectivity index (χ2n) is 5.43. The van der Waals surface area contributed by atoms with E-state index in [1.807, 2.05) is 12.1 Å². The van der Waals surface area contributed by atoms with Crippen molar-refractivity contribution in [1.29, 1.82) is 0 Å². The molecule has 1 nitrogen and oxygen atoms in total. The third-order valence-corrected chi connectivity index (χ3v) is 4.13. The average Bonchev–Trinajstić information content (AvgIpc) is 3.39. The van der Waals surface area contributed by atoms with Crippen molar-refractivity contribution in [3.63, 3.8) is 0 Å². The van der Waals surface area contributed by atoms with Gasteiger partial charge in [-0.1, -0.05) is 84.9 Å². The van der Waals surface area contributed by atoms with Crippen LogP contribution in [0.1, 0.15) is 11.1 Å². The molecule has 0 amide bonds. The predicted molar refractivity (Wildman–Crippen MR) is 85.1 cm³/mol. The van der Waals surface area contributed by atoms with E-state index in [1.54, 1.807) is 0 Å². The molecule has 0 bridgehead atoms. The highest BCUT2D eigenvalue weighted by atomic mass is 16.6. The van der Waals surface area contributed by atoms with Gasteiger partial charge in [0.15, 0.2) is 0 Å². The van der Waals surface area contributed by atoms with E-state index in [0.717, 1.165) is 6.61 Å². The molecule has 0 spiro atoms. The van der Waals surface area contributed by atoms with Crippen molar-refractivity contribution in [3.05, 3.63) is 96.1 Å². The Morgan fingerprint density at radius 3 is 1.62 bits per heavy atom. The van der Waals surface area contributed by atoms with E-state index < -0.39 is 0 Å². The predicted octanol–water partition coefficient (Wildman–Crippen LogP) is 4.63. The lowest BCUT2D eigenvalue weighted by Gasteiger charge is -2.13. The highest BCUT2D eigenvalue weighted by Crippen LogP contribution is 2.45. The van der Waals surface area contributed by atoms with E-state index in [9.17, 15) is 0 Å². The van der Waals surface area contributed by atoms with Gasteiger partial charge in [-0.05, 0) is 22.3 Å². The number of hydrogen-bond donors (Lipinski definition) is 0. The van der Waals surface area contributed by atoms with Crippen LogP contribution in [-0.2, 0) is 10.3 Å². The van der Waals surface area contributed by atoms with E-state index in [2.05, 4.69) is 72.8 Å². The molecule has 1 heteroatoms. The molecule has 0 aromatic heterocycles. The minimum atomic E-state index is -0.226. The number of benzene rings is 3. The monoisotopic (exact) mass is 272 g/mol. The van der Waals surface area contributed by atoms with Gasteiger partial charge in [0.2, 0.25) is 0 Å². The topological polar surface area (TPSA) is 12.5 Å². The van der Waals surface area contributed by atoms with Gasteiger partial charge in [0.1, 0.15) is 5.60 Å². The highest BCUT2D eigenvalue weighted by molar-refractivity contribution is 5.64. The van der Waals surface area contributed by atoms with E-state index in [1.165, 1.54) is 22.3 Å². The quantitative estimate of drug-likeness (QED) is 0.633. The molecule has 102 valence electrons. The Hall–Kier alpha value is -2.38. The molecule has 0 radical (unpaired) electrons. The Morgan fingerprint density at radius 2 is 1.05 bits per heavy atom. The maximum atomic E-state index is 5.81. The van der Waals surface area contributed by atoms with Crippen LogP contribution in [0.5, 0.6) is 0 Å². The molecule has 0 N–H and O–H groups in total. The summed E-state index contributed by atoms with van der Waals surface area (Å²) < 4.78 is 5.81. The third kappa shape index (κ3) is 2.16. The maximum Gasteiger partial charge on any atom is 0.142 e. The van der Waals surface area contributed by atoms with Crippen LogP contribution in [0, 0.1) is 0 Å². The minimum Gasteiger partial charge on any atom is -0.359 e. The summed E-state index contributed by atoms with van der Waals surface area (Å²) in [6.45, 7) is 0.766. The van der Waals surface area contributed by atoms with E-state index >= 15 is 0 Å². The molecule has 1 saturated heterocycles. The molecule has 0 saturated carbocycles. The fourth-order valence-corrected chi connectivity index (χ4v) is 2.84. The van der Waals surface area contributed by atoms with Crippen molar-refractivity contribution >= 4 is 0 Å². The molecular formula is C20H16O. The van der Waals surface area contributed by atoms with Crippen molar-refractivity contribution in [2.75, 3.05) is 6.61 Å². The molecule has 3 aromatic rings. The Kier molecular flexibility index (Phi) is 2.87. The minimum absolute atomic E-state index is 0.226. The van der Waals surface area contributed by atoms with Crippen LogP contribution in [0.3, 0.4) is 0 Å². The third-order valence-electron chi connectivity index (χ3n) is 4.13. The van der Waals surface area contributed by atoms with Crippen LogP contribution in [0.25, 0.3) is 11.1 Å². The molecule has 3 aromatic carbocycles. The Labute approximate surface area is 124 Å². The summed E-state index contributed by atoms with van der Waals surface area (Å²) in [5.74, 6) is 0. The van der Waals surface area contributed by atoms with Crippen molar-refractivity contribution in [2.45, 2.75) is 5.60 Å². The zero-order chi connectivity index (χ0) is 14.1. The summed E-state index contributed by atoms with van der Waals surface area (Å²) in [4.78, 5) is 0. The smallest absolute Gasteiger partial charge is 0.142 e. The second-order valence-corrected chi connectivity index (χ2v) is 5.43. The lowest BCUT2D eigenvalue weighted by molar-refractivity contribution is 0.349. The fourth-order valence-electron chi connectivity index (χ4n) is 2.84. The first-order valence-corrected chi connectivity index (χ1v) is 7.24. The van der Waals surface area contributed by atoms with Crippen molar-refractivity contribution in [3.8, 4) is 11.1 Å². The van der Waals surface area contributed by atoms with Gasteiger partial charge in [-0.2, -0.15) is 0 Å². The normalized spacial score (nSPS) is 20.2. The van der Waals surface area contributed by atoms with E-state index in [0.29, 0.717) is 0 Å². The molecule has 1 unspecified atom stereocenters. The van der Waals surface area contributed by atoms with E-state index in [-0.39, 0.29) is 5.60 Å². The standard InChI is InChI=1S/C20H16O/c1-3-7-16(8-4-1)17-11-13-19(14-12-17)20(15-21-20)18-9-5-2-6-10-18/h1-14H,15H2. The lowest BCUT2D eigenvalue weighted by atomic mass is 9.90. The SMILES string of the molecule is c1ccc(-c2ccc(C3(c4ccccc4)CO3)cc2)cc1. The Bertz CT molecular complexity index is 726. The summed E-state index contributed by atoms with van der Waals surface area (Å²) in [6, 6.07) is 29.6. The van der Waals surface area contributed by atoms with Gasteiger partial charge in [-0.15, -0.1) is 0 Å². The molecular weight excluding hydrogens is 256 g/mol. The van der Waals surface area contributed by atoms with Gasteiger partial charge in [0.25, 0.3) is 0 Å². The van der Waals surface area contributed by atoms with Crippen molar-refractivity contribution in [1.82, 2.24) is 0 Å². The zero-order valence-electron chi connectivity index (χ0n) is 11.7. The number of ether oxygens (including phenoxy) is 1. The number of hydrogen-bond acceptors (Lipinski definition) is 1. The van der Waals surface area contributed by atoms with Gasteiger partial charge >= 0.3 is 0 Å². The zero-order valence-corrected chi connectivity index (χ0v) is 11.7. The second kappa shape index (κ2) is 4.87. The van der Waals surface area contributed by atoms with Gasteiger partial charge in [0, 0.05) is 0 Å². The molecule has 1 heterocycles. The summed E-state index contributed by atoms with van der Waals surface area (Å²) in [5, 5.41) is 0. The maximum absolute atomic E-state index is 5.81. The van der Waals surface area contributed by atoms with Crippen LogP contribution < -0.4 is 0 Å². The van der Waals surface area contributed by atoms with Crippen LogP contribution in [0.4, 0.5) is 0 Å². The molecule has 21 heavy (non-hydrogen) atoms. The van der Waals surface area contributed by atoms with Crippen LogP contribution in [-0.4, -0.2) is 6.61 Å². The summed E-state index contributed by atoms with van der Waals surface area (Å²) in [5.41, 5.74) is 4.72. The largest absolute Gasteiger partial charge is 0.359 e. The average molecular weight is 272 g/mol. The van der Waals surface area contributed by atoms with Crippen LogP contribution in [0.2, 0.25) is 0 Å². The van der Waals surface area contributed by atoms with Gasteiger partial charge in [-0.3, -0.25) is 0 Å². The number of epoxide rings is 1. The molecule has 4 rings (SSSR count). The molecule has 1 fully saturated rings. The molecule has 1 aliphatic rings. The van der Waals surface area contributed by atoms with Gasteiger partial charge < -0.3 is 4.74 Å². The lowest BCUT2D eigenvalue weighted by Crippen LogP contribution is -2.10. The van der Waals surface area contributed by atoms with Crippen molar-refractivity contribution < 1.29 is 4.74 Å². The van der Waals surface area contributed by atoms with Crippen LogP contribution >= 0.6 is 0 Å². The molecule has 0 aliphatic carbocycles. The highest BCUT2D eigenvalue weighted by Gasteiger charge is 2.47. The first-order valence-electron chi connectivity index (χ1n) is 7.24. The molecule has 1 atom stereocenters. The van der Waals surface area contributed by atoms with Crippen LogP contribution in [0.15, 0.2) is 84.9 Å². The Balaban J connectivity index is 1.69. The van der Waals surface area contributed by atoms with Crippen molar-refractivity contribution in [2.24, 2.45) is 0 Å². The summed E-state index contributed by atoms with van der Waals surface area (Å²) in [6.07, 6.45) is 0. The fraction of sp³-hybridized carbons (Fsp3) is 0.100. The first kappa shape index (κ1) is 12.4. The van der Waals surface area contributed by atoms with E-state index in [4.69, 9.17) is 4.74 Å². The van der Waals surface area contributed by atoms with Gasteiger partial charge in [0.05, 0.1) is 6.61 Å². The number of rotatable bonds is 3. The summed E-state index contributed by atoms with van der Waals surface area (Å²) in [7, 11) is 0.